The summed E-state index contributed by atoms with van der Waals surface area (Å²) in [5, 5.41) is 10.2. The van der Waals surface area contributed by atoms with E-state index in [-0.39, 0.29) is 30.6 Å². The number of aromatic amines is 1. The van der Waals surface area contributed by atoms with E-state index in [1.807, 2.05) is 6.92 Å². The molecule has 2 fully saturated rings. The Morgan fingerprint density at radius 3 is 2.46 bits per heavy atom. The van der Waals surface area contributed by atoms with Crippen LogP contribution in [-0.4, -0.2) is 66.2 Å². The smallest absolute Gasteiger partial charge is 0.366 e. The highest BCUT2D eigenvalue weighted by molar-refractivity contribution is 7.98. The van der Waals surface area contributed by atoms with Crippen LogP contribution in [-0.2, 0) is 4.74 Å². The Hall–Kier alpha value is -3.06. The number of nitrogens with zero attached hydrogens (tertiary/aromatic N) is 4. The number of thioether (sulfide) groups is 1. The lowest BCUT2D eigenvalue weighted by atomic mass is 10.1. The van der Waals surface area contributed by atoms with Crippen molar-refractivity contribution in [1.29, 1.82) is 0 Å². The van der Waals surface area contributed by atoms with Crippen molar-refractivity contribution >= 4 is 29.1 Å². The maximum atomic E-state index is 14.9. The van der Waals surface area contributed by atoms with E-state index in [0.717, 1.165) is 18.5 Å². The molecule has 1 aromatic carbocycles. The van der Waals surface area contributed by atoms with Gasteiger partial charge in [-0.05, 0) is 51.0 Å². The summed E-state index contributed by atoms with van der Waals surface area (Å²) >= 11 is 1.22. The van der Waals surface area contributed by atoms with Crippen molar-refractivity contribution in [2.75, 3.05) is 43.2 Å². The highest BCUT2D eigenvalue weighted by atomic mass is 32.2. The normalized spacial score (nSPS) is 19.2. The number of halogens is 5. The van der Waals surface area contributed by atoms with Gasteiger partial charge in [0.2, 0.25) is 0 Å². The Balaban J connectivity index is 1.75. The third-order valence-corrected chi connectivity index (χ3v) is 7.34. The van der Waals surface area contributed by atoms with Gasteiger partial charge >= 0.3 is 6.18 Å². The number of ether oxygens (including phenoxy) is 1. The monoisotopic (exact) mass is 570 g/mol. The Morgan fingerprint density at radius 2 is 1.92 bits per heavy atom. The van der Waals surface area contributed by atoms with Crippen LogP contribution < -0.4 is 10.2 Å². The van der Waals surface area contributed by atoms with Crippen LogP contribution in [0.4, 0.5) is 33.5 Å². The fourth-order valence-corrected chi connectivity index (χ4v) is 4.78. The third kappa shape index (κ3) is 6.75. The second kappa shape index (κ2) is 11.6. The molecule has 212 valence electrons. The largest absolute Gasteiger partial charge is 0.416 e. The lowest BCUT2D eigenvalue weighted by molar-refractivity contribution is -0.234. The number of allylic oxidation sites excluding steroid dienone is 1. The van der Waals surface area contributed by atoms with Crippen LogP contribution in [0.25, 0.3) is 0 Å². The molecule has 1 unspecified atom stereocenters. The minimum Gasteiger partial charge on any atom is -0.366 e. The van der Waals surface area contributed by atoms with Gasteiger partial charge in [0, 0.05) is 41.5 Å². The first-order valence-corrected chi connectivity index (χ1v) is 13.6. The van der Waals surface area contributed by atoms with Crippen molar-refractivity contribution in [1.82, 2.24) is 15.1 Å². The molecule has 1 aromatic heterocycles. The summed E-state index contributed by atoms with van der Waals surface area (Å²) in [7, 11) is 1.50. The van der Waals surface area contributed by atoms with Gasteiger partial charge in [0.15, 0.2) is 23.6 Å². The van der Waals surface area contributed by atoms with E-state index in [1.54, 1.807) is 24.1 Å². The standard InChI is InChI=1S/C26H31F5N6OS/c1-14-10-22(35-34-14)33-25(32-16(3)36(4)24-19(27)11-18(39-5)12-20(24)28)23(17-6-7-17)15(2)37-8-9-38-21(13-37)26(29,30)31/h10-12,17,21H,2,6-9,13H2,1,3-5H3,(H2,33,34,35)/b25-23-,32-16+. The summed E-state index contributed by atoms with van der Waals surface area (Å²) < 4.78 is 75.0. The molecule has 2 aromatic rings. The van der Waals surface area contributed by atoms with Crippen molar-refractivity contribution in [3.63, 3.8) is 0 Å². The first-order chi connectivity index (χ1) is 18.4. The molecule has 1 aliphatic heterocycles. The van der Waals surface area contributed by atoms with E-state index in [0.29, 0.717) is 27.8 Å². The molecule has 2 heterocycles. The van der Waals surface area contributed by atoms with Crippen molar-refractivity contribution in [2.45, 2.75) is 43.9 Å². The molecular formula is C26H31F5N6OS. The zero-order valence-electron chi connectivity index (χ0n) is 22.1. The van der Waals surface area contributed by atoms with E-state index >= 15 is 0 Å². The quantitative estimate of drug-likeness (QED) is 0.132. The number of hydrogen-bond donors (Lipinski definition) is 2. The van der Waals surface area contributed by atoms with Crippen LogP contribution in [0.15, 0.2) is 51.8 Å². The number of rotatable bonds is 8. The molecule has 4 rings (SSSR count). The van der Waals surface area contributed by atoms with Crippen LogP contribution in [0.3, 0.4) is 0 Å². The third-order valence-electron chi connectivity index (χ3n) is 6.64. The predicted molar refractivity (Wildman–Crippen MR) is 143 cm³/mol. The van der Waals surface area contributed by atoms with Crippen LogP contribution in [0.1, 0.15) is 25.5 Å². The topological polar surface area (TPSA) is 68.8 Å². The van der Waals surface area contributed by atoms with E-state index in [4.69, 9.17) is 9.73 Å². The fourth-order valence-electron chi connectivity index (χ4n) is 4.34. The molecule has 0 bridgehead atoms. The van der Waals surface area contributed by atoms with Gasteiger partial charge in [0.1, 0.15) is 17.3 Å². The average molecular weight is 571 g/mol. The number of anilines is 2. The molecule has 1 saturated heterocycles. The first kappa shape index (κ1) is 28.9. The highest BCUT2D eigenvalue weighted by Gasteiger charge is 2.44. The minimum absolute atomic E-state index is 0.00316. The first-order valence-electron chi connectivity index (χ1n) is 12.4. The van der Waals surface area contributed by atoms with Gasteiger partial charge in [-0.1, -0.05) is 6.58 Å². The molecule has 2 N–H and O–H groups in total. The number of benzene rings is 1. The number of hydrogen-bond acceptors (Lipinski definition) is 6. The molecule has 39 heavy (non-hydrogen) atoms. The molecule has 13 heteroatoms. The fraction of sp³-hybridized carbons (Fsp3) is 0.462. The number of aryl methyl sites for hydroxylation is 1. The van der Waals surface area contributed by atoms with E-state index < -0.39 is 30.5 Å². The van der Waals surface area contributed by atoms with Gasteiger partial charge in [0.25, 0.3) is 0 Å². The number of amidine groups is 1. The lowest BCUT2D eigenvalue weighted by Crippen LogP contribution is -2.48. The zero-order valence-corrected chi connectivity index (χ0v) is 22.9. The molecular weight excluding hydrogens is 539 g/mol. The Bertz CT molecular complexity index is 1260. The number of alkyl halides is 3. The molecule has 1 aliphatic carbocycles. The SMILES string of the molecule is C=C(/C(=C(\N=C(/C)N(C)c1c(F)cc(SC)cc1F)Nc1cc(C)[nH]n1)C1CC1)N1CCOC(C(F)(F)F)C1. The number of aromatic nitrogens is 2. The molecule has 2 aliphatic rings. The van der Waals surface area contributed by atoms with Crippen LogP contribution in [0.2, 0.25) is 0 Å². The number of aliphatic imine (C=N–C) groups is 1. The summed E-state index contributed by atoms with van der Waals surface area (Å²) in [5.74, 6) is -0.490. The summed E-state index contributed by atoms with van der Waals surface area (Å²) in [5.41, 5.74) is 1.54. The van der Waals surface area contributed by atoms with Gasteiger partial charge in [0.05, 0.1) is 13.2 Å². The van der Waals surface area contributed by atoms with Crippen molar-refractivity contribution in [3.8, 4) is 0 Å². The van der Waals surface area contributed by atoms with E-state index in [1.165, 1.54) is 35.8 Å². The Labute approximate surface area is 228 Å². The second-order valence-corrected chi connectivity index (χ2v) is 10.4. The average Bonchev–Trinajstić information content (AvgIpc) is 3.63. The molecule has 1 atom stereocenters. The second-order valence-electron chi connectivity index (χ2n) is 9.55. The predicted octanol–water partition coefficient (Wildman–Crippen LogP) is 6.08. The van der Waals surface area contributed by atoms with Crippen molar-refractivity contribution in [2.24, 2.45) is 10.9 Å². The molecule has 0 spiro atoms. The maximum absolute atomic E-state index is 14.9. The zero-order chi connectivity index (χ0) is 28.5. The summed E-state index contributed by atoms with van der Waals surface area (Å²) in [6.07, 6.45) is -3.11. The van der Waals surface area contributed by atoms with Gasteiger partial charge < -0.3 is 19.9 Å². The molecule has 0 amide bonds. The van der Waals surface area contributed by atoms with Gasteiger partial charge in [-0.2, -0.15) is 18.3 Å². The van der Waals surface area contributed by atoms with Gasteiger partial charge in [-0.25, -0.2) is 13.8 Å². The van der Waals surface area contributed by atoms with Crippen LogP contribution >= 0.6 is 11.8 Å². The summed E-state index contributed by atoms with van der Waals surface area (Å²) in [4.78, 5) is 8.01. The minimum atomic E-state index is -4.51. The maximum Gasteiger partial charge on any atom is 0.416 e. The van der Waals surface area contributed by atoms with Crippen molar-refractivity contribution in [3.05, 3.63) is 59.2 Å². The summed E-state index contributed by atoms with van der Waals surface area (Å²) in [6.45, 7) is 7.31. The van der Waals surface area contributed by atoms with Crippen molar-refractivity contribution < 1.29 is 26.7 Å². The number of nitrogens with one attached hydrogen (secondary N) is 2. The molecule has 7 nitrogen and oxygen atoms in total. The van der Waals surface area contributed by atoms with E-state index in [2.05, 4.69) is 22.1 Å². The number of H-pyrrole nitrogens is 1. The Morgan fingerprint density at radius 1 is 1.26 bits per heavy atom. The van der Waals surface area contributed by atoms with Crippen LogP contribution in [0, 0.1) is 24.5 Å². The molecule has 1 saturated carbocycles. The summed E-state index contributed by atoms with van der Waals surface area (Å²) in [6, 6.07) is 4.25. The lowest BCUT2D eigenvalue weighted by Gasteiger charge is -2.37. The highest BCUT2D eigenvalue weighted by Crippen LogP contribution is 2.43. The Kier molecular flexibility index (Phi) is 8.60. The van der Waals surface area contributed by atoms with Gasteiger partial charge in [-0.15, -0.1) is 11.8 Å². The number of morpholine rings is 1. The van der Waals surface area contributed by atoms with E-state index in [9.17, 15) is 22.0 Å². The van der Waals surface area contributed by atoms with Crippen LogP contribution in [0.5, 0.6) is 0 Å². The van der Waals surface area contributed by atoms with Gasteiger partial charge in [-0.3, -0.25) is 5.10 Å². The molecule has 0 radical (unpaired) electrons.